The zero-order valence-electron chi connectivity index (χ0n) is 12.4. The molecule has 1 aliphatic carbocycles. The standard InChI is InChI=1S/C16H22N2O/c1-9-6-17-7-11-12(9)13-10(2)8-18(14(11)13)15(19)16(3,4)5/h6-7,10,13-14H,8H2,1-5H3/t10-,13?,14+/m0/s1. The lowest BCUT2D eigenvalue weighted by Crippen LogP contribution is -2.42. The van der Waals surface area contributed by atoms with Crippen LogP contribution in [0.2, 0.25) is 0 Å². The van der Waals surface area contributed by atoms with E-state index < -0.39 is 0 Å². The van der Waals surface area contributed by atoms with Gasteiger partial charge in [0.1, 0.15) is 0 Å². The molecule has 0 saturated carbocycles. The number of hydrogen-bond acceptors (Lipinski definition) is 2. The Balaban J connectivity index is 2.00. The lowest BCUT2D eigenvalue weighted by atomic mass is 9.69. The third-order valence-corrected chi connectivity index (χ3v) is 4.55. The van der Waals surface area contributed by atoms with Gasteiger partial charge in [-0.3, -0.25) is 9.78 Å². The van der Waals surface area contributed by atoms with E-state index in [1.165, 1.54) is 16.7 Å². The molecule has 2 heterocycles. The number of carbonyl (C=O) groups excluding carboxylic acids is 1. The first-order valence-electron chi connectivity index (χ1n) is 7.08. The first-order chi connectivity index (χ1) is 8.82. The molecule has 3 rings (SSSR count). The van der Waals surface area contributed by atoms with Gasteiger partial charge >= 0.3 is 0 Å². The summed E-state index contributed by atoms with van der Waals surface area (Å²) < 4.78 is 0. The molecular weight excluding hydrogens is 236 g/mol. The van der Waals surface area contributed by atoms with Gasteiger partial charge in [0.2, 0.25) is 5.91 Å². The number of aromatic nitrogens is 1. The van der Waals surface area contributed by atoms with E-state index in [1.807, 2.05) is 33.2 Å². The lowest BCUT2D eigenvalue weighted by Gasteiger charge is -2.42. The molecule has 0 N–H and O–H groups in total. The second kappa shape index (κ2) is 3.81. The molecule has 102 valence electrons. The Bertz CT molecular complexity index is 544. The fraction of sp³-hybridized carbons (Fsp3) is 0.625. The number of nitrogens with zero attached hydrogens (tertiary/aromatic N) is 2. The van der Waals surface area contributed by atoms with Crippen molar-refractivity contribution in [3.05, 3.63) is 29.1 Å². The minimum atomic E-state index is -0.304. The molecular formula is C16H22N2O. The predicted octanol–water partition coefficient (Wildman–Crippen LogP) is 3.05. The average Bonchev–Trinajstić information content (AvgIpc) is 2.55. The molecule has 1 aliphatic heterocycles. The molecule has 19 heavy (non-hydrogen) atoms. The minimum absolute atomic E-state index is 0.263. The third kappa shape index (κ3) is 1.63. The first kappa shape index (κ1) is 12.6. The van der Waals surface area contributed by atoms with Crippen molar-refractivity contribution in [2.45, 2.75) is 46.6 Å². The van der Waals surface area contributed by atoms with E-state index >= 15 is 0 Å². The number of likely N-dealkylation sites (tertiary alicyclic amines) is 1. The van der Waals surface area contributed by atoms with Crippen LogP contribution in [0.1, 0.15) is 56.3 Å². The molecule has 3 atom stereocenters. The summed E-state index contributed by atoms with van der Waals surface area (Å²) in [4.78, 5) is 19.0. The maximum absolute atomic E-state index is 12.6. The fourth-order valence-electron chi connectivity index (χ4n) is 3.68. The van der Waals surface area contributed by atoms with E-state index in [-0.39, 0.29) is 17.4 Å². The van der Waals surface area contributed by atoms with Gasteiger partial charge in [-0.15, -0.1) is 0 Å². The van der Waals surface area contributed by atoms with Crippen molar-refractivity contribution in [3.8, 4) is 0 Å². The van der Waals surface area contributed by atoms with Crippen LogP contribution in [0.4, 0.5) is 0 Å². The Morgan fingerprint density at radius 2 is 2.05 bits per heavy atom. The van der Waals surface area contributed by atoms with E-state index in [9.17, 15) is 4.79 Å². The summed E-state index contributed by atoms with van der Waals surface area (Å²) in [5.74, 6) is 1.33. The van der Waals surface area contributed by atoms with Gasteiger partial charge in [-0.25, -0.2) is 0 Å². The Labute approximate surface area is 115 Å². The second-order valence-electron chi connectivity index (χ2n) is 7.11. The number of aryl methyl sites for hydroxylation is 1. The second-order valence-corrected chi connectivity index (χ2v) is 7.11. The molecule has 1 saturated heterocycles. The smallest absolute Gasteiger partial charge is 0.228 e. The van der Waals surface area contributed by atoms with Crippen LogP contribution < -0.4 is 0 Å². The van der Waals surface area contributed by atoms with Gasteiger partial charge in [-0.1, -0.05) is 27.7 Å². The topological polar surface area (TPSA) is 33.2 Å². The van der Waals surface area contributed by atoms with Crippen LogP contribution in [0.15, 0.2) is 12.4 Å². The van der Waals surface area contributed by atoms with Gasteiger partial charge in [0.15, 0.2) is 0 Å². The highest BCUT2D eigenvalue weighted by molar-refractivity contribution is 5.83. The highest BCUT2D eigenvalue weighted by Gasteiger charge is 2.53. The monoisotopic (exact) mass is 258 g/mol. The summed E-state index contributed by atoms with van der Waals surface area (Å²) in [5, 5.41) is 0. The maximum Gasteiger partial charge on any atom is 0.228 e. The van der Waals surface area contributed by atoms with Gasteiger partial charge in [-0.2, -0.15) is 0 Å². The molecule has 1 fully saturated rings. The van der Waals surface area contributed by atoms with Gasteiger partial charge in [0.25, 0.3) is 0 Å². The quantitative estimate of drug-likeness (QED) is 0.716. The van der Waals surface area contributed by atoms with Crippen LogP contribution in [0.25, 0.3) is 0 Å². The van der Waals surface area contributed by atoms with Crippen molar-refractivity contribution in [3.63, 3.8) is 0 Å². The van der Waals surface area contributed by atoms with Crippen LogP contribution in [0.5, 0.6) is 0 Å². The SMILES string of the molecule is Cc1cncc2c1C1[C@@H]2N(C(=O)C(C)(C)C)C[C@@H]1C. The molecule has 3 nitrogen and oxygen atoms in total. The van der Waals surface area contributed by atoms with E-state index in [0.717, 1.165) is 6.54 Å². The maximum atomic E-state index is 12.6. The van der Waals surface area contributed by atoms with Gasteiger partial charge < -0.3 is 4.90 Å². The highest BCUT2D eigenvalue weighted by atomic mass is 16.2. The van der Waals surface area contributed by atoms with Crippen LogP contribution in [-0.2, 0) is 4.79 Å². The molecule has 0 aromatic carbocycles. The van der Waals surface area contributed by atoms with Crippen molar-refractivity contribution < 1.29 is 4.79 Å². The van der Waals surface area contributed by atoms with E-state index in [2.05, 4.69) is 23.7 Å². The Kier molecular flexibility index (Phi) is 2.54. The number of rotatable bonds is 0. The number of hydrogen-bond donors (Lipinski definition) is 0. The molecule has 1 amide bonds. The van der Waals surface area contributed by atoms with Crippen molar-refractivity contribution >= 4 is 5.91 Å². The summed E-state index contributed by atoms with van der Waals surface area (Å²) in [7, 11) is 0. The lowest BCUT2D eigenvalue weighted by molar-refractivity contribution is -0.141. The summed E-state index contributed by atoms with van der Waals surface area (Å²) in [6.45, 7) is 11.3. The van der Waals surface area contributed by atoms with Gasteiger partial charge in [-0.05, 0) is 29.5 Å². The molecule has 3 heteroatoms. The number of carbonyl (C=O) groups is 1. The Morgan fingerprint density at radius 1 is 1.37 bits per heavy atom. The Morgan fingerprint density at radius 3 is 2.68 bits per heavy atom. The van der Waals surface area contributed by atoms with Crippen molar-refractivity contribution in [2.24, 2.45) is 11.3 Å². The molecule has 1 unspecified atom stereocenters. The summed E-state index contributed by atoms with van der Waals surface area (Å²) >= 11 is 0. The Hall–Kier alpha value is -1.38. The molecule has 1 aromatic rings. The number of amides is 1. The zero-order valence-corrected chi connectivity index (χ0v) is 12.4. The number of fused-ring (bicyclic) bond motifs is 4. The summed E-state index contributed by atoms with van der Waals surface area (Å²) in [6, 6.07) is 0.268. The highest BCUT2D eigenvalue weighted by Crippen LogP contribution is 2.58. The zero-order chi connectivity index (χ0) is 13.9. The van der Waals surface area contributed by atoms with Crippen molar-refractivity contribution in [2.75, 3.05) is 6.54 Å². The average molecular weight is 258 g/mol. The molecule has 1 aromatic heterocycles. The van der Waals surface area contributed by atoms with Crippen molar-refractivity contribution in [1.82, 2.24) is 9.88 Å². The van der Waals surface area contributed by atoms with Gasteiger partial charge in [0.05, 0.1) is 6.04 Å². The minimum Gasteiger partial charge on any atom is -0.334 e. The molecule has 0 radical (unpaired) electrons. The van der Waals surface area contributed by atoms with Crippen LogP contribution in [0, 0.1) is 18.3 Å². The predicted molar refractivity (Wildman–Crippen MR) is 74.8 cm³/mol. The van der Waals surface area contributed by atoms with Crippen LogP contribution in [-0.4, -0.2) is 22.3 Å². The van der Waals surface area contributed by atoms with Crippen LogP contribution >= 0.6 is 0 Å². The largest absolute Gasteiger partial charge is 0.334 e. The van der Waals surface area contributed by atoms with E-state index in [1.54, 1.807) is 0 Å². The summed E-state index contributed by atoms with van der Waals surface area (Å²) in [6.07, 6.45) is 3.89. The van der Waals surface area contributed by atoms with E-state index in [0.29, 0.717) is 11.8 Å². The molecule has 0 bridgehead atoms. The van der Waals surface area contributed by atoms with E-state index in [4.69, 9.17) is 0 Å². The van der Waals surface area contributed by atoms with Crippen LogP contribution in [0.3, 0.4) is 0 Å². The molecule has 2 aliphatic rings. The molecule has 0 spiro atoms. The van der Waals surface area contributed by atoms with Crippen molar-refractivity contribution in [1.29, 1.82) is 0 Å². The first-order valence-corrected chi connectivity index (χ1v) is 7.08. The fourth-order valence-corrected chi connectivity index (χ4v) is 3.68. The third-order valence-electron chi connectivity index (χ3n) is 4.55. The van der Waals surface area contributed by atoms with Gasteiger partial charge in [0, 0.05) is 30.3 Å². The summed E-state index contributed by atoms with van der Waals surface area (Å²) in [5.41, 5.74) is 3.68. The number of pyridine rings is 1. The normalized spacial score (nSPS) is 28.7.